The first-order valence-corrected chi connectivity index (χ1v) is 11.6. The van der Waals surface area contributed by atoms with Gasteiger partial charge < -0.3 is 9.80 Å². The second-order valence-electron chi connectivity index (χ2n) is 9.12. The van der Waals surface area contributed by atoms with Crippen LogP contribution in [0.25, 0.3) is 22.3 Å². The second kappa shape index (κ2) is 8.17. The first-order valence-electron chi connectivity index (χ1n) is 11.6. The van der Waals surface area contributed by atoms with Crippen LogP contribution in [0.4, 0.5) is 10.2 Å². The molecule has 34 heavy (non-hydrogen) atoms. The van der Waals surface area contributed by atoms with E-state index in [1.54, 1.807) is 24.5 Å². The molecule has 0 saturated carbocycles. The standard InChI is InChI=1S/C27H24FN5O/c1-17-8-9-19(22-6-2-3-11-29-22)20(13-17)27(34)32-12-10-18-15-33(24(18)16-32)25-14-30-26-21(28)5-4-7-23(26)31-25/h2-9,11,13-14,18,24H,10,12,15-16H2,1H3/t18-,24-/m0/s1. The summed E-state index contributed by atoms with van der Waals surface area (Å²) in [6.07, 6.45) is 4.34. The van der Waals surface area contributed by atoms with Crippen molar-refractivity contribution < 1.29 is 9.18 Å². The third-order valence-corrected chi connectivity index (χ3v) is 6.99. The van der Waals surface area contributed by atoms with Crippen LogP contribution in [0.5, 0.6) is 0 Å². The van der Waals surface area contributed by atoms with Crippen molar-refractivity contribution in [3.63, 3.8) is 0 Å². The molecule has 0 bridgehead atoms. The zero-order valence-corrected chi connectivity index (χ0v) is 18.9. The third-order valence-electron chi connectivity index (χ3n) is 6.99. The number of aryl methyl sites for hydroxylation is 1. The summed E-state index contributed by atoms with van der Waals surface area (Å²) in [7, 11) is 0. The number of hydrogen-bond acceptors (Lipinski definition) is 5. The van der Waals surface area contributed by atoms with E-state index in [0.29, 0.717) is 23.5 Å². The highest BCUT2D eigenvalue weighted by Crippen LogP contribution is 2.37. The van der Waals surface area contributed by atoms with E-state index in [2.05, 4.69) is 19.9 Å². The average molecular weight is 454 g/mol. The minimum Gasteiger partial charge on any atom is -0.350 e. The monoisotopic (exact) mass is 453 g/mol. The molecule has 2 aromatic carbocycles. The molecule has 0 radical (unpaired) electrons. The molecule has 0 unspecified atom stereocenters. The maximum absolute atomic E-state index is 14.0. The van der Waals surface area contributed by atoms with Crippen LogP contribution in [-0.2, 0) is 0 Å². The fraction of sp³-hybridized carbons (Fsp3) is 0.259. The molecule has 2 atom stereocenters. The summed E-state index contributed by atoms with van der Waals surface area (Å²) in [6, 6.07) is 16.7. The van der Waals surface area contributed by atoms with Gasteiger partial charge in [-0.1, -0.05) is 29.8 Å². The van der Waals surface area contributed by atoms with Gasteiger partial charge in [0.2, 0.25) is 0 Å². The lowest BCUT2D eigenvalue weighted by Gasteiger charge is -2.54. The van der Waals surface area contributed by atoms with Gasteiger partial charge in [0.25, 0.3) is 5.91 Å². The molecular formula is C27H24FN5O. The lowest BCUT2D eigenvalue weighted by molar-refractivity contribution is 0.0592. The van der Waals surface area contributed by atoms with Gasteiger partial charge in [-0.05, 0) is 43.7 Å². The minimum atomic E-state index is -0.366. The molecule has 0 N–H and O–H groups in total. The van der Waals surface area contributed by atoms with Crippen LogP contribution in [0.1, 0.15) is 22.3 Å². The van der Waals surface area contributed by atoms with Gasteiger partial charge in [0, 0.05) is 42.9 Å². The Balaban J connectivity index is 1.27. The van der Waals surface area contributed by atoms with Crippen molar-refractivity contribution in [2.45, 2.75) is 19.4 Å². The topological polar surface area (TPSA) is 62.2 Å². The summed E-state index contributed by atoms with van der Waals surface area (Å²) in [6.45, 7) is 4.24. The lowest BCUT2D eigenvalue weighted by atomic mass is 9.82. The maximum atomic E-state index is 14.0. The number of pyridine rings is 1. The molecule has 0 aliphatic carbocycles. The Kier molecular flexibility index (Phi) is 4.98. The number of carbonyl (C=O) groups excluding carboxylic acids is 1. The summed E-state index contributed by atoms with van der Waals surface area (Å²) in [5.74, 6) is 0.913. The summed E-state index contributed by atoms with van der Waals surface area (Å²) >= 11 is 0. The van der Waals surface area contributed by atoms with Gasteiger partial charge in [0.1, 0.15) is 11.3 Å². The van der Waals surface area contributed by atoms with Crippen LogP contribution in [0.3, 0.4) is 0 Å². The molecule has 2 fully saturated rings. The Morgan fingerprint density at radius 2 is 1.97 bits per heavy atom. The van der Waals surface area contributed by atoms with Gasteiger partial charge in [0.05, 0.1) is 23.4 Å². The van der Waals surface area contributed by atoms with Crippen LogP contribution in [0.2, 0.25) is 0 Å². The number of anilines is 1. The molecule has 2 aliphatic rings. The number of para-hydroxylation sites is 1. The number of likely N-dealkylation sites (tertiary alicyclic amines) is 1. The molecule has 4 aromatic rings. The molecule has 6 nitrogen and oxygen atoms in total. The number of carbonyl (C=O) groups is 1. The summed E-state index contributed by atoms with van der Waals surface area (Å²) in [4.78, 5) is 31.3. The van der Waals surface area contributed by atoms with Crippen LogP contribution >= 0.6 is 0 Å². The molecular weight excluding hydrogens is 429 g/mol. The maximum Gasteiger partial charge on any atom is 0.254 e. The largest absolute Gasteiger partial charge is 0.350 e. The molecule has 6 rings (SSSR count). The van der Waals surface area contributed by atoms with E-state index in [9.17, 15) is 9.18 Å². The molecule has 7 heteroatoms. The van der Waals surface area contributed by atoms with E-state index >= 15 is 0 Å². The fourth-order valence-electron chi connectivity index (χ4n) is 5.13. The summed E-state index contributed by atoms with van der Waals surface area (Å²) in [5.41, 5.74) is 4.21. The molecule has 170 valence electrons. The van der Waals surface area contributed by atoms with Gasteiger partial charge in [-0.2, -0.15) is 0 Å². The number of rotatable bonds is 3. The van der Waals surface area contributed by atoms with E-state index in [1.165, 1.54) is 6.07 Å². The first kappa shape index (κ1) is 20.7. The van der Waals surface area contributed by atoms with Gasteiger partial charge >= 0.3 is 0 Å². The van der Waals surface area contributed by atoms with E-state index in [0.717, 1.165) is 42.1 Å². The molecule has 4 heterocycles. The Hall–Kier alpha value is -3.87. The average Bonchev–Trinajstić information content (AvgIpc) is 2.85. The Labute approximate surface area is 197 Å². The van der Waals surface area contributed by atoms with E-state index < -0.39 is 0 Å². The zero-order valence-electron chi connectivity index (χ0n) is 18.9. The zero-order chi connectivity index (χ0) is 23.2. The number of benzene rings is 2. The van der Waals surface area contributed by atoms with Crippen molar-refractivity contribution in [3.8, 4) is 11.3 Å². The van der Waals surface area contributed by atoms with Crippen molar-refractivity contribution in [2.24, 2.45) is 5.92 Å². The van der Waals surface area contributed by atoms with Crippen molar-refractivity contribution >= 4 is 22.8 Å². The second-order valence-corrected chi connectivity index (χ2v) is 9.12. The quantitative estimate of drug-likeness (QED) is 0.457. The predicted molar refractivity (Wildman–Crippen MR) is 129 cm³/mol. The molecule has 1 amide bonds. The summed E-state index contributed by atoms with van der Waals surface area (Å²) < 4.78 is 14.0. The van der Waals surface area contributed by atoms with Gasteiger partial charge in [-0.15, -0.1) is 0 Å². The van der Waals surface area contributed by atoms with Crippen molar-refractivity contribution in [2.75, 3.05) is 24.5 Å². The Bertz CT molecular complexity index is 1390. The smallest absolute Gasteiger partial charge is 0.254 e. The lowest BCUT2D eigenvalue weighted by Crippen LogP contribution is -2.65. The first-order chi connectivity index (χ1) is 16.6. The van der Waals surface area contributed by atoms with Crippen LogP contribution in [0, 0.1) is 18.7 Å². The van der Waals surface area contributed by atoms with Gasteiger partial charge in [-0.25, -0.2) is 14.4 Å². The van der Waals surface area contributed by atoms with Gasteiger partial charge in [0.15, 0.2) is 5.82 Å². The molecule has 2 saturated heterocycles. The van der Waals surface area contributed by atoms with E-state index in [1.807, 2.05) is 48.2 Å². The van der Waals surface area contributed by atoms with Crippen molar-refractivity contribution in [1.29, 1.82) is 0 Å². The number of nitrogens with zero attached hydrogens (tertiary/aromatic N) is 5. The molecule has 0 spiro atoms. The van der Waals surface area contributed by atoms with Crippen molar-refractivity contribution in [1.82, 2.24) is 19.9 Å². The minimum absolute atomic E-state index is 0.0290. The predicted octanol–water partition coefficient (Wildman–Crippen LogP) is 4.49. The van der Waals surface area contributed by atoms with Gasteiger partial charge in [-0.3, -0.25) is 9.78 Å². The fourth-order valence-corrected chi connectivity index (χ4v) is 5.13. The number of piperidine rings is 1. The van der Waals surface area contributed by atoms with Crippen LogP contribution in [0.15, 0.2) is 67.0 Å². The Morgan fingerprint density at radius 1 is 1.06 bits per heavy atom. The van der Waals surface area contributed by atoms with E-state index in [4.69, 9.17) is 0 Å². The number of aromatic nitrogens is 3. The highest BCUT2D eigenvalue weighted by Gasteiger charge is 2.44. The number of halogens is 1. The van der Waals surface area contributed by atoms with Crippen molar-refractivity contribution in [3.05, 3.63) is 83.9 Å². The van der Waals surface area contributed by atoms with Crippen LogP contribution in [-0.4, -0.2) is 51.4 Å². The summed E-state index contributed by atoms with van der Waals surface area (Å²) in [5, 5.41) is 0. The third kappa shape index (κ3) is 3.48. The number of amides is 1. The Morgan fingerprint density at radius 3 is 2.82 bits per heavy atom. The SMILES string of the molecule is Cc1ccc(-c2ccccn2)c(C(=O)N2CC[C@H]3CN(c4cnc5c(F)cccc5n4)[C@H]3C2)c1. The number of fused-ring (bicyclic) bond motifs is 2. The normalized spacial score (nSPS) is 19.6. The van der Waals surface area contributed by atoms with Crippen LogP contribution < -0.4 is 4.90 Å². The highest BCUT2D eigenvalue weighted by molar-refractivity contribution is 6.00. The van der Waals surface area contributed by atoms with E-state index in [-0.39, 0.29) is 23.3 Å². The highest BCUT2D eigenvalue weighted by atomic mass is 19.1. The number of hydrogen-bond donors (Lipinski definition) is 0. The molecule has 2 aliphatic heterocycles. The molecule has 2 aromatic heterocycles.